The molecule has 0 amide bonds. The third-order valence-corrected chi connectivity index (χ3v) is 1.75. The minimum absolute atomic E-state index is 0.0386. The van der Waals surface area contributed by atoms with Gasteiger partial charge in [-0.3, -0.25) is 0 Å². The second kappa shape index (κ2) is 6.88. The molecule has 1 aromatic carbocycles. The molecule has 0 atom stereocenters. The maximum Gasteiger partial charge on any atom is 0.119 e. The highest BCUT2D eigenvalue weighted by atomic mass is 16.5. The van der Waals surface area contributed by atoms with Crippen LogP contribution < -0.4 is 4.74 Å². The molecule has 1 N–H and O–H groups in total. The fourth-order valence-corrected chi connectivity index (χ4v) is 1.03. The summed E-state index contributed by atoms with van der Waals surface area (Å²) < 4.78 is 10.4. The van der Waals surface area contributed by atoms with E-state index in [-0.39, 0.29) is 6.61 Å². The van der Waals surface area contributed by atoms with E-state index in [2.05, 4.69) is 5.92 Å². The molecule has 0 aliphatic rings. The number of benzene rings is 1. The second-order valence-corrected chi connectivity index (χ2v) is 2.85. The number of rotatable bonds is 6. The van der Waals surface area contributed by atoms with Crippen molar-refractivity contribution in [2.24, 2.45) is 0 Å². The van der Waals surface area contributed by atoms with Gasteiger partial charge < -0.3 is 14.6 Å². The maximum atomic E-state index is 8.46. The highest BCUT2D eigenvalue weighted by Crippen LogP contribution is 2.10. The first kappa shape index (κ1) is 11.6. The quantitative estimate of drug-likeness (QED) is 0.558. The predicted molar refractivity (Wildman–Crippen MR) is 57.8 cm³/mol. The van der Waals surface area contributed by atoms with Gasteiger partial charge in [0, 0.05) is 5.56 Å². The van der Waals surface area contributed by atoms with Crippen LogP contribution in [-0.4, -0.2) is 31.5 Å². The Morgan fingerprint density at radius 3 is 2.47 bits per heavy atom. The van der Waals surface area contributed by atoms with Gasteiger partial charge in [0.25, 0.3) is 0 Å². The number of ether oxygens (including phenoxy) is 2. The van der Waals surface area contributed by atoms with Gasteiger partial charge in [0.05, 0.1) is 19.8 Å². The second-order valence-electron chi connectivity index (χ2n) is 2.85. The van der Waals surface area contributed by atoms with Gasteiger partial charge in [-0.15, -0.1) is 6.42 Å². The lowest BCUT2D eigenvalue weighted by atomic mass is 10.2. The summed E-state index contributed by atoms with van der Waals surface area (Å²) in [6, 6.07) is 7.29. The Hall–Kier alpha value is -1.50. The lowest BCUT2D eigenvalue weighted by Crippen LogP contribution is -2.08. The lowest BCUT2D eigenvalue weighted by Gasteiger charge is -2.06. The summed E-state index contributed by atoms with van der Waals surface area (Å²) in [5.74, 6) is 3.30. The van der Waals surface area contributed by atoms with Crippen molar-refractivity contribution in [3.05, 3.63) is 29.8 Å². The summed E-state index contributed by atoms with van der Waals surface area (Å²) in [4.78, 5) is 0. The largest absolute Gasteiger partial charge is 0.491 e. The number of hydrogen-bond acceptors (Lipinski definition) is 3. The van der Waals surface area contributed by atoms with E-state index < -0.39 is 0 Å². The summed E-state index contributed by atoms with van der Waals surface area (Å²) in [5.41, 5.74) is 0.832. The topological polar surface area (TPSA) is 38.7 Å². The van der Waals surface area contributed by atoms with Crippen LogP contribution >= 0.6 is 0 Å². The molecular weight excluding hydrogens is 192 g/mol. The fourth-order valence-electron chi connectivity index (χ4n) is 1.03. The zero-order valence-electron chi connectivity index (χ0n) is 8.48. The average Bonchev–Trinajstić information content (AvgIpc) is 2.30. The van der Waals surface area contributed by atoms with Crippen LogP contribution in [0.25, 0.3) is 0 Å². The molecule has 0 aromatic heterocycles. The van der Waals surface area contributed by atoms with E-state index in [0.717, 1.165) is 11.3 Å². The molecule has 0 heterocycles. The van der Waals surface area contributed by atoms with Crippen molar-refractivity contribution in [1.29, 1.82) is 0 Å². The summed E-state index contributed by atoms with van der Waals surface area (Å²) in [7, 11) is 0. The van der Waals surface area contributed by atoms with Crippen LogP contribution in [0.5, 0.6) is 5.75 Å². The van der Waals surface area contributed by atoms with E-state index in [0.29, 0.717) is 19.8 Å². The van der Waals surface area contributed by atoms with Gasteiger partial charge in [-0.05, 0) is 24.3 Å². The predicted octanol–water partition coefficient (Wildman–Crippen LogP) is 1.06. The third kappa shape index (κ3) is 4.50. The average molecular weight is 206 g/mol. The van der Waals surface area contributed by atoms with Crippen LogP contribution in [0.15, 0.2) is 24.3 Å². The molecule has 15 heavy (non-hydrogen) atoms. The third-order valence-electron chi connectivity index (χ3n) is 1.75. The van der Waals surface area contributed by atoms with E-state index in [1.165, 1.54) is 0 Å². The molecule has 1 rings (SSSR count). The van der Waals surface area contributed by atoms with Crippen LogP contribution in [0.1, 0.15) is 5.56 Å². The number of terminal acetylenes is 1. The van der Waals surface area contributed by atoms with E-state index in [1.807, 2.05) is 24.3 Å². The molecular formula is C12H14O3. The minimum atomic E-state index is 0.0386. The Bertz CT molecular complexity index is 311. The highest BCUT2D eigenvalue weighted by molar-refractivity contribution is 5.36. The molecule has 0 unspecified atom stereocenters. The van der Waals surface area contributed by atoms with Crippen LogP contribution in [0.4, 0.5) is 0 Å². The van der Waals surface area contributed by atoms with E-state index in [1.54, 1.807) is 0 Å². The summed E-state index contributed by atoms with van der Waals surface area (Å²) in [6.45, 7) is 1.32. The zero-order chi connectivity index (χ0) is 10.9. The van der Waals surface area contributed by atoms with Gasteiger partial charge in [0.2, 0.25) is 0 Å². The first-order valence-electron chi connectivity index (χ1n) is 4.75. The Kier molecular flexibility index (Phi) is 5.31. The summed E-state index contributed by atoms with van der Waals surface area (Å²) in [6.07, 6.45) is 5.22. The Morgan fingerprint density at radius 2 is 1.87 bits per heavy atom. The van der Waals surface area contributed by atoms with Gasteiger partial charge in [-0.1, -0.05) is 5.92 Å². The van der Waals surface area contributed by atoms with Crippen molar-refractivity contribution in [3.8, 4) is 18.1 Å². The van der Waals surface area contributed by atoms with Gasteiger partial charge >= 0.3 is 0 Å². The smallest absolute Gasteiger partial charge is 0.119 e. The van der Waals surface area contributed by atoms with Crippen molar-refractivity contribution in [3.63, 3.8) is 0 Å². The number of hydrogen-bond donors (Lipinski definition) is 1. The Balaban J connectivity index is 2.23. The van der Waals surface area contributed by atoms with Crippen molar-refractivity contribution < 1.29 is 14.6 Å². The van der Waals surface area contributed by atoms with Gasteiger partial charge in [0.15, 0.2) is 0 Å². The highest BCUT2D eigenvalue weighted by Gasteiger charge is 1.93. The fraction of sp³-hybridized carbons (Fsp3) is 0.333. The molecule has 1 aromatic rings. The summed E-state index contributed by atoms with van der Waals surface area (Å²) >= 11 is 0. The van der Waals surface area contributed by atoms with Crippen LogP contribution in [0, 0.1) is 12.3 Å². The SMILES string of the molecule is C#Cc1ccc(OCCOCCO)cc1. The van der Waals surface area contributed by atoms with E-state index >= 15 is 0 Å². The minimum Gasteiger partial charge on any atom is -0.491 e. The Labute approximate surface area is 89.6 Å². The summed E-state index contributed by atoms with van der Waals surface area (Å²) in [5, 5.41) is 8.46. The van der Waals surface area contributed by atoms with Crippen molar-refractivity contribution in [2.45, 2.75) is 0 Å². The molecule has 0 radical (unpaired) electrons. The van der Waals surface area contributed by atoms with Crippen molar-refractivity contribution in [1.82, 2.24) is 0 Å². The van der Waals surface area contributed by atoms with Crippen molar-refractivity contribution >= 4 is 0 Å². The number of aliphatic hydroxyl groups excluding tert-OH is 1. The van der Waals surface area contributed by atoms with Gasteiger partial charge in [0.1, 0.15) is 12.4 Å². The Morgan fingerprint density at radius 1 is 1.13 bits per heavy atom. The van der Waals surface area contributed by atoms with Gasteiger partial charge in [-0.25, -0.2) is 0 Å². The lowest BCUT2D eigenvalue weighted by molar-refractivity contribution is 0.0705. The molecule has 80 valence electrons. The molecule has 0 saturated carbocycles. The molecule has 0 aliphatic heterocycles. The molecule has 0 spiro atoms. The van der Waals surface area contributed by atoms with Crippen LogP contribution in [0.2, 0.25) is 0 Å². The molecule has 0 bridgehead atoms. The van der Waals surface area contributed by atoms with Crippen LogP contribution in [-0.2, 0) is 4.74 Å². The zero-order valence-corrected chi connectivity index (χ0v) is 8.48. The number of aliphatic hydroxyl groups is 1. The van der Waals surface area contributed by atoms with E-state index in [9.17, 15) is 0 Å². The normalized spacial score (nSPS) is 9.60. The molecule has 0 saturated heterocycles. The van der Waals surface area contributed by atoms with Gasteiger partial charge in [-0.2, -0.15) is 0 Å². The first-order chi connectivity index (χ1) is 7.36. The monoisotopic (exact) mass is 206 g/mol. The van der Waals surface area contributed by atoms with E-state index in [4.69, 9.17) is 21.0 Å². The first-order valence-corrected chi connectivity index (χ1v) is 4.75. The molecule has 0 aliphatic carbocycles. The molecule has 3 nitrogen and oxygen atoms in total. The van der Waals surface area contributed by atoms with Crippen molar-refractivity contribution in [2.75, 3.05) is 26.4 Å². The molecule has 0 fully saturated rings. The maximum absolute atomic E-state index is 8.46. The van der Waals surface area contributed by atoms with Crippen LogP contribution in [0.3, 0.4) is 0 Å². The molecule has 3 heteroatoms. The standard InChI is InChI=1S/C12H14O3/c1-2-11-3-5-12(6-4-11)15-10-9-14-8-7-13/h1,3-6,13H,7-10H2.